The Kier molecular flexibility index (Phi) is 5.86. The first kappa shape index (κ1) is 22.8. The first-order chi connectivity index (χ1) is 16.8. The van der Waals surface area contributed by atoms with Crippen molar-refractivity contribution in [1.29, 1.82) is 0 Å². The van der Waals surface area contributed by atoms with E-state index in [1.54, 1.807) is 24.3 Å². The molecule has 1 amide bonds. The van der Waals surface area contributed by atoms with E-state index < -0.39 is 10.0 Å². The highest BCUT2D eigenvalue weighted by molar-refractivity contribution is 7.89. The van der Waals surface area contributed by atoms with E-state index in [0.29, 0.717) is 44.4 Å². The molecule has 3 aromatic carbocycles. The van der Waals surface area contributed by atoms with Gasteiger partial charge in [0.15, 0.2) is 5.76 Å². The van der Waals surface area contributed by atoms with E-state index in [2.05, 4.69) is 10.3 Å². The van der Waals surface area contributed by atoms with Crippen LogP contribution in [0.25, 0.3) is 33.7 Å². The molecule has 5 rings (SSSR count). The van der Waals surface area contributed by atoms with Crippen molar-refractivity contribution < 1.29 is 17.6 Å². The third-order valence-corrected chi connectivity index (χ3v) is 6.66. The van der Waals surface area contributed by atoms with E-state index in [1.165, 1.54) is 24.3 Å². The normalized spacial score (nSPS) is 11.5. The van der Waals surface area contributed by atoms with Gasteiger partial charge < -0.3 is 9.73 Å². The van der Waals surface area contributed by atoms with E-state index in [9.17, 15) is 13.2 Å². The third-order valence-electron chi connectivity index (χ3n) is 5.40. The Hall–Kier alpha value is -3.98. The molecule has 0 aliphatic heterocycles. The molecule has 0 aliphatic carbocycles. The Morgan fingerprint density at radius 2 is 1.57 bits per heavy atom. The SMILES string of the molecule is NS(=O)(=O)c1ccc(NC(=O)c2cc(-c3ccc(-c4ccccc4Cl)o3)nc3ccccc23)cc1. The highest BCUT2D eigenvalue weighted by Gasteiger charge is 2.17. The van der Waals surface area contributed by atoms with Gasteiger partial charge in [0.05, 0.1) is 21.0 Å². The fraction of sp³-hybridized carbons (Fsp3) is 0. The van der Waals surface area contributed by atoms with Crippen LogP contribution in [0, 0.1) is 0 Å². The van der Waals surface area contributed by atoms with Gasteiger partial charge in [0.1, 0.15) is 11.5 Å². The van der Waals surface area contributed by atoms with E-state index in [0.717, 1.165) is 5.56 Å². The summed E-state index contributed by atoms with van der Waals surface area (Å²) in [5.74, 6) is 0.685. The predicted octanol–water partition coefficient (Wildman–Crippen LogP) is 5.71. The van der Waals surface area contributed by atoms with Crippen LogP contribution in [0.15, 0.2) is 100 Å². The van der Waals surface area contributed by atoms with E-state index in [4.69, 9.17) is 21.2 Å². The average molecular weight is 504 g/mol. The molecule has 0 saturated heterocycles. The van der Waals surface area contributed by atoms with Gasteiger partial charge in [0.2, 0.25) is 10.0 Å². The monoisotopic (exact) mass is 503 g/mol. The van der Waals surface area contributed by atoms with Crippen molar-refractivity contribution in [1.82, 2.24) is 4.98 Å². The summed E-state index contributed by atoms with van der Waals surface area (Å²) in [5.41, 5.74) is 2.66. The lowest BCUT2D eigenvalue weighted by Crippen LogP contribution is -2.14. The second kappa shape index (κ2) is 8.99. The number of carbonyl (C=O) groups excluding carboxylic acids is 1. The number of primary sulfonamides is 1. The molecule has 7 nitrogen and oxygen atoms in total. The van der Waals surface area contributed by atoms with Crippen LogP contribution in [-0.4, -0.2) is 19.3 Å². The molecular formula is C26H18ClN3O4S. The van der Waals surface area contributed by atoms with Crippen molar-refractivity contribution in [3.05, 3.63) is 102 Å². The zero-order valence-electron chi connectivity index (χ0n) is 18.1. The van der Waals surface area contributed by atoms with Gasteiger partial charge in [-0.2, -0.15) is 0 Å². The molecule has 0 spiro atoms. The second-order valence-electron chi connectivity index (χ2n) is 7.74. The van der Waals surface area contributed by atoms with Crippen LogP contribution in [0.4, 0.5) is 5.69 Å². The van der Waals surface area contributed by atoms with Gasteiger partial charge in [-0.25, -0.2) is 18.5 Å². The number of rotatable bonds is 5. The number of amides is 1. The average Bonchev–Trinajstić information content (AvgIpc) is 3.33. The number of nitrogens with two attached hydrogens (primary N) is 1. The number of carbonyl (C=O) groups is 1. The maximum atomic E-state index is 13.2. The Morgan fingerprint density at radius 1 is 0.886 bits per heavy atom. The molecule has 0 saturated carbocycles. The minimum absolute atomic E-state index is 0.0423. The molecule has 3 N–H and O–H groups in total. The van der Waals surface area contributed by atoms with Gasteiger partial charge in [0, 0.05) is 16.6 Å². The lowest BCUT2D eigenvalue weighted by atomic mass is 10.1. The number of halogens is 1. The lowest BCUT2D eigenvalue weighted by Gasteiger charge is -2.10. The van der Waals surface area contributed by atoms with Gasteiger partial charge in [0.25, 0.3) is 5.91 Å². The minimum atomic E-state index is -3.83. The number of anilines is 1. The maximum absolute atomic E-state index is 13.2. The number of nitrogens with one attached hydrogen (secondary N) is 1. The number of fused-ring (bicyclic) bond motifs is 1. The molecule has 0 aliphatic rings. The van der Waals surface area contributed by atoms with Crippen LogP contribution in [-0.2, 0) is 10.0 Å². The Balaban J connectivity index is 1.52. The summed E-state index contributed by atoms with van der Waals surface area (Å²) in [6.07, 6.45) is 0. The number of nitrogens with zero attached hydrogens (tertiary/aromatic N) is 1. The number of pyridine rings is 1. The van der Waals surface area contributed by atoms with Crippen LogP contribution in [0.3, 0.4) is 0 Å². The number of benzene rings is 3. The number of hydrogen-bond donors (Lipinski definition) is 2. The zero-order chi connectivity index (χ0) is 24.6. The largest absolute Gasteiger partial charge is 0.454 e. The second-order valence-corrected chi connectivity index (χ2v) is 9.71. The zero-order valence-corrected chi connectivity index (χ0v) is 19.7. The molecule has 0 fully saturated rings. The van der Waals surface area contributed by atoms with E-state index >= 15 is 0 Å². The van der Waals surface area contributed by atoms with Gasteiger partial charge in [-0.1, -0.05) is 41.9 Å². The summed E-state index contributed by atoms with van der Waals surface area (Å²) in [6.45, 7) is 0. The molecule has 0 unspecified atom stereocenters. The first-order valence-electron chi connectivity index (χ1n) is 10.5. The van der Waals surface area contributed by atoms with Crippen molar-refractivity contribution in [2.75, 3.05) is 5.32 Å². The number of aromatic nitrogens is 1. The summed E-state index contributed by atoms with van der Waals surface area (Å²) >= 11 is 6.30. The van der Waals surface area contributed by atoms with Gasteiger partial charge in [-0.05, 0) is 60.7 Å². The highest BCUT2D eigenvalue weighted by atomic mass is 35.5. The molecule has 0 bridgehead atoms. The number of para-hydroxylation sites is 1. The standard InChI is InChI=1S/C26H18ClN3O4S/c27-21-7-3-1-6-19(21)24-13-14-25(34-24)23-15-20(18-5-2-4-8-22(18)30-23)26(31)29-16-9-11-17(12-10-16)35(28,32)33/h1-15H,(H,29,31)(H2,28,32,33). The van der Waals surface area contributed by atoms with Crippen LogP contribution in [0.1, 0.15) is 10.4 Å². The third kappa shape index (κ3) is 4.67. The predicted molar refractivity (Wildman–Crippen MR) is 136 cm³/mol. The van der Waals surface area contributed by atoms with Gasteiger partial charge in [-0.15, -0.1) is 0 Å². The fourth-order valence-corrected chi connectivity index (χ4v) is 4.44. The van der Waals surface area contributed by atoms with Crippen LogP contribution < -0.4 is 10.5 Å². The number of sulfonamides is 1. The van der Waals surface area contributed by atoms with E-state index in [1.807, 2.05) is 42.5 Å². The summed E-state index contributed by atoms with van der Waals surface area (Å²) < 4.78 is 29.0. The molecule has 5 aromatic rings. The molecule has 2 aromatic heterocycles. The van der Waals surface area contributed by atoms with Gasteiger partial charge in [-0.3, -0.25) is 4.79 Å². The lowest BCUT2D eigenvalue weighted by molar-refractivity contribution is 0.102. The molecule has 2 heterocycles. The van der Waals surface area contributed by atoms with Gasteiger partial charge >= 0.3 is 0 Å². The summed E-state index contributed by atoms with van der Waals surface area (Å²) in [5, 5.41) is 9.16. The van der Waals surface area contributed by atoms with Crippen molar-refractivity contribution in [3.8, 4) is 22.8 Å². The number of furan rings is 1. The fourth-order valence-electron chi connectivity index (χ4n) is 3.70. The molecule has 0 atom stereocenters. The van der Waals surface area contributed by atoms with Crippen LogP contribution in [0.2, 0.25) is 5.02 Å². The summed E-state index contributed by atoms with van der Waals surface area (Å²) in [7, 11) is -3.83. The van der Waals surface area contributed by atoms with Crippen LogP contribution >= 0.6 is 11.6 Å². The summed E-state index contributed by atoms with van der Waals surface area (Å²) in [6, 6.07) is 25.5. The maximum Gasteiger partial charge on any atom is 0.256 e. The molecular weight excluding hydrogens is 486 g/mol. The van der Waals surface area contributed by atoms with Crippen molar-refractivity contribution in [2.45, 2.75) is 4.90 Å². The molecule has 0 radical (unpaired) electrons. The van der Waals surface area contributed by atoms with Crippen molar-refractivity contribution >= 4 is 44.1 Å². The van der Waals surface area contributed by atoms with Crippen molar-refractivity contribution in [2.24, 2.45) is 5.14 Å². The molecule has 35 heavy (non-hydrogen) atoms. The number of hydrogen-bond acceptors (Lipinski definition) is 5. The Morgan fingerprint density at radius 3 is 2.31 bits per heavy atom. The molecule has 174 valence electrons. The smallest absolute Gasteiger partial charge is 0.256 e. The topological polar surface area (TPSA) is 115 Å². The van der Waals surface area contributed by atoms with Crippen molar-refractivity contribution in [3.63, 3.8) is 0 Å². The molecule has 9 heteroatoms. The Labute approximate surface area is 206 Å². The first-order valence-corrected chi connectivity index (χ1v) is 12.4. The minimum Gasteiger partial charge on any atom is -0.454 e. The van der Waals surface area contributed by atoms with Crippen LogP contribution in [0.5, 0.6) is 0 Å². The highest BCUT2D eigenvalue weighted by Crippen LogP contribution is 2.33. The quantitative estimate of drug-likeness (QED) is 0.318. The summed E-state index contributed by atoms with van der Waals surface area (Å²) in [4.78, 5) is 17.9. The Bertz CT molecular complexity index is 1680. The van der Waals surface area contributed by atoms with E-state index in [-0.39, 0.29) is 10.8 Å².